The van der Waals surface area contributed by atoms with Gasteiger partial charge in [0.1, 0.15) is 11.5 Å². The van der Waals surface area contributed by atoms with Crippen molar-refractivity contribution in [1.29, 1.82) is 0 Å². The van der Waals surface area contributed by atoms with Crippen molar-refractivity contribution in [2.24, 2.45) is 0 Å². The maximum atomic E-state index is 12.5. The molecule has 0 saturated carbocycles. The number of carbonyl (C=O) groups excluding carboxylic acids is 3. The molecule has 0 amide bonds. The van der Waals surface area contributed by atoms with Crippen LogP contribution in [0.1, 0.15) is 55.4 Å². The van der Waals surface area contributed by atoms with Crippen LogP contribution in [0.25, 0.3) is 22.3 Å². The lowest BCUT2D eigenvalue weighted by atomic mass is 9.89. The fourth-order valence-corrected chi connectivity index (χ4v) is 5.00. The van der Waals surface area contributed by atoms with Crippen molar-refractivity contribution >= 4 is 17.9 Å². The van der Waals surface area contributed by atoms with Crippen molar-refractivity contribution in [2.75, 3.05) is 6.61 Å². The van der Waals surface area contributed by atoms with Gasteiger partial charge < -0.3 is 14.2 Å². The molecule has 1 aliphatic rings. The SMILES string of the molecule is C=C(C)C(=O)OCC1CCc2ccc(-c3cc(C)c(-c4ccc(OC(=O)C(=C)C)cc4OC(=O)C(=C)C)cc3C)cc21. The maximum absolute atomic E-state index is 12.5. The van der Waals surface area contributed by atoms with Gasteiger partial charge in [0, 0.05) is 34.3 Å². The van der Waals surface area contributed by atoms with Crippen molar-refractivity contribution in [3.63, 3.8) is 0 Å². The molecule has 216 valence electrons. The van der Waals surface area contributed by atoms with E-state index in [0.29, 0.717) is 17.7 Å². The van der Waals surface area contributed by atoms with Gasteiger partial charge in [-0.3, -0.25) is 0 Å². The second kappa shape index (κ2) is 12.4. The predicted octanol–water partition coefficient (Wildman–Crippen LogP) is 7.75. The van der Waals surface area contributed by atoms with E-state index in [4.69, 9.17) is 14.2 Å². The quantitative estimate of drug-likeness (QED) is 0.150. The van der Waals surface area contributed by atoms with Gasteiger partial charge >= 0.3 is 17.9 Å². The lowest BCUT2D eigenvalue weighted by molar-refractivity contribution is -0.139. The summed E-state index contributed by atoms with van der Waals surface area (Å²) in [6.45, 7) is 20.1. The highest BCUT2D eigenvalue weighted by Gasteiger charge is 2.25. The molecule has 0 heterocycles. The molecule has 0 aromatic heterocycles. The van der Waals surface area contributed by atoms with Crippen LogP contribution in [0.2, 0.25) is 0 Å². The molecular weight excluding hydrogens is 528 g/mol. The van der Waals surface area contributed by atoms with E-state index in [-0.39, 0.29) is 34.5 Å². The zero-order valence-electron chi connectivity index (χ0n) is 24.9. The Morgan fingerprint density at radius 1 is 0.738 bits per heavy atom. The molecule has 1 aliphatic carbocycles. The van der Waals surface area contributed by atoms with E-state index in [1.807, 2.05) is 13.8 Å². The van der Waals surface area contributed by atoms with Gasteiger partial charge in [-0.05, 0) is 98.5 Å². The van der Waals surface area contributed by atoms with Crippen LogP contribution in [0.15, 0.2) is 85.0 Å². The number of hydrogen-bond acceptors (Lipinski definition) is 6. The second-order valence-electron chi connectivity index (χ2n) is 11.0. The van der Waals surface area contributed by atoms with Crippen molar-refractivity contribution in [3.05, 3.63) is 107 Å². The summed E-state index contributed by atoms with van der Waals surface area (Å²) in [5.41, 5.74) is 9.11. The van der Waals surface area contributed by atoms with Crippen molar-refractivity contribution in [1.82, 2.24) is 0 Å². The van der Waals surface area contributed by atoms with Crippen LogP contribution in [0.5, 0.6) is 11.5 Å². The normalized spacial score (nSPS) is 13.6. The number of carbonyl (C=O) groups is 3. The van der Waals surface area contributed by atoms with Gasteiger partial charge in [-0.15, -0.1) is 0 Å². The standard InChI is InChI=1S/C36H36O6/c1-20(2)34(37)40-19-27-12-10-25-9-11-26(17-32(25)27)30-15-24(8)31(16-23(30)7)29-14-13-28(41-35(38)21(3)4)18-33(29)42-36(39)22(5)6/h9,11,13-18,27H,1,3,5,10,12,19H2,2,4,6-8H3. The summed E-state index contributed by atoms with van der Waals surface area (Å²) in [4.78, 5) is 36.5. The predicted molar refractivity (Wildman–Crippen MR) is 165 cm³/mol. The van der Waals surface area contributed by atoms with Crippen LogP contribution in [-0.2, 0) is 25.5 Å². The average molecular weight is 565 g/mol. The summed E-state index contributed by atoms with van der Waals surface area (Å²) in [7, 11) is 0. The molecule has 1 atom stereocenters. The summed E-state index contributed by atoms with van der Waals surface area (Å²) >= 11 is 0. The third-order valence-electron chi connectivity index (χ3n) is 7.35. The van der Waals surface area contributed by atoms with Crippen molar-refractivity contribution in [2.45, 2.75) is 53.4 Å². The molecule has 1 unspecified atom stereocenters. The number of rotatable bonds is 9. The third-order valence-corrected chi connectivity index (χ3v) is 7.35. The largest absolute Gasteiger partial charge is 0.462 e. The Bertz CT molecular complexity index is 1640. The van der Waals surface area contributed by atoms with Crippen LogP contribution in [0, 0.1) is 13.8 Å². The zero-order chi connectivity index (χ0) is 30.7. The van der Waals surface area contributed by atoms with E-state index in [9.17, 15) is 14.4 Å². The number of aryl methyl sites for hydroxylation is 3. The first-order chi connectivity index (χ1) is 19.8. The van der Waals surface area contributed by atoms with Crippen LogP contribution < -0.4 is 9.47 Å². The fourth-order valence-electron chi connectivity index (χ4n) is 5.00. The monoisotopic (exact) mass is 564 g/mol. The van der Waals surface area contributed by atoms with E-state index in [1.54, 1.807) is 32.9 Å². The van der Waals surface area contributed by atoms with Gasteiger partial charge in [0.05, 0.1) is 6.61 Å². The molecule has 4 rings (SSSR count). The van der Waals surface area contributed by atoms with Gasteiger partial charge in [0.2, 0.25) is 0 Å². The summed E-state index contributed by atoms with van der Waals surface area (Å²) < 4.78 is 16.5. The molecule has 6 nitrogen and oxygen atoms in total. The van der Waals surface area contributed by atoms with Crippen LogP contribution in [0.4, 0.5) is 0 Å². The lowest BCUT2D eigenvalue weighted by Crippen LogP contribution is -2.11. The first-order valence-electron chi connectivity index (χ1n) is 13.8. The van der Waals surface area contributed by atoms with Gasteiger partial charge in [-0.25, -0.2) is 14.4 Å². The summed E-state index contributed by atoms with van der Waals surface area (Å²) in [6.07, 6.45) is 1.88. The molecule has 0 aliphatic heterocycles. The number of benzene rings is 3. The van der Waals surface area contributed by atoms with E-state index >= 15 is 0 Å². The Morgan fingerprint density at radius 2 is 1.36 bits per heavy atom. The van der Waals surface area contributed by atoms with Gasteiger partial charge in [0.25, 0.3) is 0 Å². The van der Waals surface area contributed by atoms with Crippen molar-refractivity contribution in [3.8, 4) is 33.8 Å². The summed E-state index contributed by atoms with van der Waals surface area (Å²) in [6, 6.07) is 15.7. The van der Waals surface area contributed by atoms with E-state index in [1.165, 1.54) is 17.2 Å². The van der Waals surface area contributed by atoms with Gasteiger partial charge in [-0.2, -0.15) is 0 Å². The molecule has 6 heteroatoms. The first-order valence-corrected chi connectivity index (χ1v) is 13.8. The smallest absolute Gasteiger partial charge is 0.338 e. The van der Waals surface area contributed by atoms with Crippen molar-refractivity contribution < 1.29 is 28.6 Å². The molecule has 3 aromatic carbocycles. The third kappa shape index (κ3) is 6.60. The number of esters is 3. The maximum Gasteiger partial charge on any atom is 0.338 e. The molecule has 3 aromatic rings. The molecule has 0 saturated heterocycles. The van der Waals surface area contributed by atoms with Crippen LogP contribution in [0.3, 0.4) is 0 Å². The second-order valence-corrected chi connectivity index (χ2v) is 11.0. The molecule has 42 heavy (non-hydrogen) atoms. The Hall–Kier alpha value is -4.71. The average Bonchev–Trinajstić information content (AvgIpc) is 3.35. The van der Waals surface area contributed by atoms with Crippen LogP contribution >= 0.6 is 0 Å². The zero-order valence-corrected chi connectivity index (χ0v) is 24.9. The van der Waals surface area contributed by atoms with Crippen LogP contribution in [-0.4, -0.2) is 24.5 Å². The Kier molecular flexibility index (Phi) is 8.96. The molecule has 0 N–H and O–H groups in total. The lowest BCUT2D eigenvalue weighted by Gasteiger charge is -2.18. The Morgan fingerprint density at radius 3 is 2.02 bits per heavy atom. The molecule has 0 bridgehead atoms. The minimum absolute atomic E-state index is 0.145. The first kappa shape index (κ1) is 30.3. The fraction of sp³-hybridized carbons (Fsp3) is 0.250. The Labute approximate surface area is 247 Å². The summed E-state index contributed by atoms with van der Waals surface area (Å²) in [5.74, 6) is -0.864. The molecule has 0 spiro atoms. The minimum atomic E-state index is -0.577. The topological polar surface area (TPSA) is 78.9 Å². The molecule has 0 fully saturated rings. The molecule has 0 radical (unpaired) electrons. The van der Waals surface area contributed by atoms with Gasteiger partial charge in [-0.1, -0.05) is 50.1 Å². The number of hydrogen-bond donors (Lipinski definition) is 0. The Balaban J connectivity index is 1.70. The highest BCUT2D eigenvalue weighted by Crippen LogP contribution is 2.41. The molecular formula is C36H36O6. The van der Waals surface area contributed by atoms with E-state index in [0.717, 1.165) is 40.7 Å². The number of fused-ring (bicyclic) bond motifs is 1. The number of ether oxygens (including phenoxy) is 3. The van der Waals surface area contributed by atoms with E-state index in [2.05, 4.69) is 50.1 Å². The van der Waals surface area contributed by atoms with E-state index < -0.39 is 11.9 Å². The highest BCUT2D eigenvalue weighted by atomic mass is 16.5. The minimum Gasteiger partial charge on any atom is -0.462 e. The highest BCUT2D eigenvalue weighted by molar-refractivity contribution is 5.92. The van der Waals surface area contributed by atoms with Gasteiger partial charge in [0.15, 0.2) is 0 Å². The summed E-state index contributed by atoms with van der Waals surface area (Å²) in [5, 5.41) is 0.